The monoisotopic (exact) mass is 320 g/mol. The van der Waals surface area contributed by atoms with E-state index >= 15 is 0 Å². The van der Waals surface area contributed by atoms with Crippen LogP contribution >= 0.6 is 11.6 Å². The van der Waals surface area contributed by atoms with Gasteiger partial charge in [-0.1, -0.05) is 23.7 Å². The lowest BCUT2D eigenvalue weighted by molar-refractivity contribution is -0.132. The van der Waals surface area contributed by atoms with Gasteiger partial charge in [-0.05, 0) is 49.8 Å². The molecule has 2 aliphatic rings. The molecule has 0 unspecified atom stereocenters. The molecule has 1 aliphatic heterocycles. The predicted molar refractivity (Wildman–Crippen MR) is 89.9 cm³/mol. The molecule has 3 rings (SSSR count). The van der Waals surface area contributed by atoms with E-state index in [4.69, 9.17) is 11.6 Å². The van der Waals surface area contributed by atoms with Crippen molar-refractivity contribution in [3.63, 3.8) is 0 Å². The van der Waals surface area contributed by atoms with Gasteiger partial charge in [0, 0.05) is 43.7 Å². The number of piperidine rings is 1. The lowest BCUT2D eigenvalue weighted by Gasteiger charge is -2.28. The number of benzene rings is 1. The Morgan fingerprint density at radius 2 is 1.82 bits per heavy atom. The van der Waals surface area contributed by atoms with E-state index in [-0.39, 0.29) is 0 Å². The second kappa shape index (κ2) is 7.47. The minimum Gasteiger partial charge on any atom is -0.343 e. The van der Waals surface area contributed by atoms with Crippen LogP contribution in [0.25, 0.3) is 0 Å². The molecule has 22 heavy (non-hydrogen) atoms. The molecule has 1 aliphatic carbocycles. The van der Waals surface area contributed by atoms with Crippen molar-refractivity contribution in [3.8, 4) is 0 Å². The van der Waals surface area contributed by atoms with Crippen molar-refractivity contribution in [1.29, 1.82) is 0 Å². The second-order valence-corrected chi connectivity index (χ2v) is 6.96. The summed E-state index contributed by atoms with van der Waals surface area (Å²) in [6.45, 7) is 3.72. The third-order valence-corrected chi connectivity index (χ3v) is 4.94. The van der Waals surface area contributed by atoms with Gasteiger partial charge in [-0.3, -0.25) is 9.69 Å². The highest BCUT2D eigenvalue weighted by atomic mass is 35.5. The molecule has 0 N–H and O–H groups in total. The third kappa shape index (κ3) is 4.47. The summed E-state index contributed by atoms with van der Waals surface area (Å²) in [4.78, 5) is 16.8. The fraction of sp³-hybridized carbons (Fsp3) is 0.611. The van der Waals surface area contributed by atoms with Crippen LogP contribution in [0.5, 0.6) is 0 Å². The summed E-state index contributed by atoms with van der Waals surface area (Å²) in [6, 6.07) is 8.74. The van der Waals surface area contributed by atoms with Crippen LogP contribution in [-0.2, 0) is 11.3 Å². The van der Waals surface area contributed by atoms with E-state index < -0.39 is 0 Å². The van der Waals surface area contributed by atoms with Crippen LogP contribution in [0.2, 0.25) is 5.02 Å². The van der Waals surface area contributed by atoms with Crippen LogP contribution in [0.1, 0.15) is 44.1 Å². The van der Waals surface area contributed by atoms with Gasteiger partial charge in [0.15, 0.2) is 0 Å². The zero-order valence-electron chi connectivity index (χ0n) is 13.1. The summed E-state index contributed by atoms with van der Waals surface area (Å²) in [5, 5.41) is 0.780. The van der Waals surface area contributed by atoms with Crippen molar-refractivity contribution < 1.29 is 4.79 Å². The Balaban J connectivity index is 1.51. The summed E-state index contributed by atoms with van der Waals surface area (Å²) in [5.74, 6) is 0.335. The number of halogens is 1. The van der Waals surface area contributed by atoms with Crippen LogP contribution in [0, 0.1) is 0 Å². The molecule has 0 radical (unpaired) electrons. The Bertz CT molecular complexity index is 492. The summed E-state index contributed by atoms with van der Waals surface area (Å²) in [6.07, 6.45) is 6.81. The third-order valence-electron chi connectivity index (χ3n) is 4.68. The first kappa shape index (κ1) is 15.8. The lowest BCUT2D eigenvalue weighted by atomic mass is 10.1. The Morgan fingerprint density at radius 3 is 2.45 bits per heavy atom. The van der Waals surface area contributed by atoms with E-state index in [2.05, 4.69) is 21.9 Å². The maximum Gasteiger partial charge on any atom is 0.223 e. The van der Waals surface area contributed by atoms with E-state index in [0.717, 1.165) is 31.2 Å². The van der Waals surface area contributed by atoms with Gasteiger partial charge in [-0.2, -0.15) is 0 Å². The fourth-order valence-corrected chi connectivity index (χ4v) is 3.32. The average molecular weight is 321 g/mol. The first-order valence-electron chi connectivity index (χ1n) is 8.48. The van der Waals surface area contributed by atoms with Gasteiger partial charge in [0.2, 0.25) is 5.91 Å². The molecule has 0 atom stereocenters. The first-order valence-corrected chi connectivity index (χ1v) is 8.86. The molecule has 3 nitrogen and oxygen atoms in total. The van der Waals surface area contributed by atoms with Gasteiger partial charge in [0.1, 0.15) is 0 Å². The number of rotatable bonds is 6. The molecule has 1 heterocycles. The fourth-order valence-electron chi connectivity index (χ4n) is 3.20. The smallest absolute Gasteiger partial charge is 0.223 e. The standard InChI is InChI=1S/C18H25ClN2O/c19-16-6-4-15(5-7-16)14-21(17-8-9-17)13-10-18(22)20-11-2-1-3-12-20/h4-7,17H,1-3,8-14H2. The van der Waals surface area contributed by atoms with Gasteiger partial charge >= 0.3 is 0 Å². The van der Waals surface area contributed by atoms with Gasteiger partial charge in [0.25, 0.3) is 0 Å². The molecule has 4 heteroatoms. The molecule has 1 aromatic carbocycles. The number of amides is 1. The van der Waals surface area contributed by atoms with Gasteiger partial charge in [-0.25, -0.2) is 0 Å². The van der Waals surface area contributed by atoms with Crippen LogP contribution in [0.3, 0.4) is 0 Å². The summed E-state index contributed by atoms with van der Waals surface area (Å²) in [5.41, 5.74) is 1.28. The Kier molecular flexibility index (Phi) is 5.37. The van der Waals surface area contributed by atoms with Crippen LogP contribution in [0.4, 0.5) is 0 Å². The van der Waals surface area contributed by atoms with Gasteiger partial charge in [0.05, 0.1) is 0 Å². The summed E-state index contributed by atoms with van der Waals surface area (Å²) in [7, 11) is 0. The normalized spacial score (nSPS) is 18.7. The van der Waals surface area contributed by atoms with Crippen molar-refractivity contribution in [2.24, 2.45) is 0 Å². The minimum absolute atomic E-state index is 0.335. The maximum atomic E-state index is 12.3. The van der Waals surface area contributed by atoms with Gasteiger partial charge in [-0.15, -0.1) is 0 Å². The Hall–Kier alpha value is -1.06. The highest BCUT2D eigenvalue weighted by Crippen LogP contribution is 2.28. The highest BCUT2D eigenvalue weighted by molar-refractivity contribution is 6.30. The zero-order chi connectivity index (χ0) is 15.4. The van der Waals surface area contributed by atoms with E-state index in [1.165, 1.54) is 37.7 Å². The summed E-state index contributed by atoms with van der Waals surface area (Å²) >= 11 is 5.95. The molecule has 0 bridgehead atoms. The van der Waals surface area contributed by atoms with Crippen molar-refractivity contribution in [1.82, 2.24) is 9.80 Å². The number of carbonyl (C=O) groups excluding carboxylic acids is 1. The van der Waals surface area contributed by atoms with E-state index in [0.29, 0.717) is 18.4 Å². The SMILES string of the molecule is O=C(CCN(Cc1ccc(Cl)cc1)C1CC1)N1CCCCC1. The first-order chi connectivity index (χ1) is 10.7. The molecule has 0 spiro atoms. The van der Waals surface area contributed by atoms with E-state index in [1.807, 2.05) is 12.1 Å². The summed E-state index contributed by atoms with van der Waals surface area (Å²) < 4.78 is 0. The largest absolute Gasteiger partial charge is 0.343 e. The Labute approximate surface area is 138 Å². The molecular weight excluding hydrogens is 296 g/mol. The van der Waals surface area contributed by atoms with E-state index in [1.54, 1.807) is 0 Å². The molecule has 120 valence electrons. The molecule has 2 fully saturated rings. The number of nitrogens with zero attached hydrogens (tertiary/aromatic N) is 2. The van der Waals surface area contributed by atoms with E-state index in [9.17, 15) is 4.79 Å². The molecule has 1 aromatic rings. The number of carbonyl (C=O) groups is 1. The number of likely N-dealkylation sites (tertiary alicyclic amines) is 1. The van der Waals surface area contributed by atoms with Crippen LogP contribution in [-0.4, -0.2) is 41.4 Å². The average Bonchev–Trinajstić information content (AvgIpc) is 3.38. The highest BCUT2D eigenvalue weighted by Gasteiger charge is 2.29. The molecule has 1 amide bonds. The van der Waals surface area contributed by atoms with Crippen molar-refractivity contribution >= 4 is 17.5 Å². The zero-order valence-corrected chi connectivity index (χ0v) is 13.9. The second-order valence-electron chi connectivity index (χ2n) is 6.52. The molecule has 1 saturated carbocycles. The molecule has 1 saturated heterocycles. The van der Waals surface area contributed by atoms with Crippen molar-refractivity contribution in [2.45, 2.75) is 51.1 Å². The topological polar surface area (TPSA) is 23.6 Å². The Morgan fingerprint density at radius 1 is 1.14 bits per heavy atom. The maximum absolute atomic E-state index is 12.3. The lowest BCUT2D eigenvalue weighted by Crippen LogP contribution is -2.38. The van der Waals surface area contributed by atoms with Crippen LogP contribution < -0.4 is 0 Å². The number of hydrogen-bond acceptors (Lipinski definition) is 2. The van der Waals surface area contributed by atoms with Gasteiger partial charge < -0.3 is 4.90 Å². The van der Waals surface area contributed by atoms with Crippen molar-refractivity contribution in [3.05, 3.63) is 34.9 Å². The molecular formula is C18H25ClN2O. The predicted octanol–water partition coefficient (Wildman–Crippen LogP) is 3.71. The number of hydrogen-bond donors (Lipinski definition) is 0. The van der Waals surface area contributed by atoms with Crippen molar-refractivity contribution in [2.75, 3.05) is 19.6 Å². The molecule has 0 aromatic heterocycles. The van der Waals surface area contributed by atoms with Crippen LogP contribution in [0.15, 0.2) is 24.3 Å². The quantitative estimate of drug-likeness (QED) is 0.797. The minimum atomic E-state index is 0.335.